The van der Waals surface area contributed by atoms with Gasteiger partial charge in [0, 0.05) is 18.9 Å². The number of hydrogen-bond donors (Lipinski definition) is 0. The van der Waals surface area contributed by atoms with Crippen molar-refractivity contribution >= 4 is 30.9 Å². The van der Waals surface area contributed by atoms with E-state index in [0.29, 0.717) is 0 Å². The van der Waals surface area contributed by atoms with Crippen LogP contribution >= 0.6 is 0 Å². The van der Waals surface area contributed by atoms with Gasteiger partial charge < -0.3 is 22.8 Å². The molecule has 1 rings (SSSR count). The molecule has 0 saturated carbocycles. The van der Waals surface area contributed by atoms with Gasteiger partial charge in [-0.1, -0.05) is 107 Å². The summed E-state index contributed by atoms with van der Waals surface area (Å²) in [6.07, 6.45) is 11.0. The van der Waals surface area contributed by atoms with Crippen LogP contribution < -0.4 is 0 Å². The van der Waals surface area contributed by atoms with Crippen LogP contribution in [0.4, 0.5) is 0 Å². The van der Waals surface area contributed by atoms with E-state index in [1.165, 1.54) is 0 Å². The normalized spacial score (nSPS) is 23.3. The van der Waals surface area contributed by atoms with E-state index in [1.54, 1.807) is 6.08 Å². The molecule has 0 unspecified atom stereocenters. The van der Waals surface area contributed by atoms with Gasteiger partial charge in [-0.3, -0.25) is 0 Å². The minimum atomic E-state index is -2.14. The van der Waals surface area contributed by atoms with Crippen molar-refractivity contribution < 1.29 is 27.5 Å². The van der Waals surface area contributed by atoms with Gasteiger partial charge in [-0.25, -0.2) is 4.79 Å². The summed E-state index contributed by atoms with van der Waals surface area (Å²) in [6.45, 7) is 47.0. The minimum Gasteiger partial charge on any atom is -0.456 e. The Labute approximate surface area is 344 Å². The van der Waals surface area contributed by atoms with E-state index in [-0.39, 0.29) is 52.9 Å². The molecule has 0 spiro atoms. The molecule has 0 N–H and O–H groups in total. The highest BCUT2D eigenvalue weighted by Gasteiger charge is 2.50. The lowest BCUT2D eigenvalue weighted by Crippen LogP contribution is -2.58. The molecule has 1 fully saturated rings. The fourth-order valence-electron chi connectivity index (χ4n) is 8.20. The molecule has 322 valence electrons. The lowest BCUT2D eigenvalue weighted by molar-refractivity contribution is -0.146. The molecule has 6 nitrogen and oxygen atoms in total. The molecule has 0 bridgehead atoms. The molecule has 1 aliphatic heterocycles. The smallest absolute Gasteiger partial charge is 0.330 e. The lowest BCUT2D eigenvalue weighted by Gasteiger charge is -2.51. The lowest BCUT2D eigenvalue weighted by atomic mass is 9.84. The van der Waals surface area contributed by atoms with E-state index >= 15 is 0 Å². The Morgan fingerprint density at radius 1 is 0.927 bits per heavy atom. The zero-order chi connectivity index (χ0) is 42.5. The summed E-state index contributed by atoms with van der Waals surface area (Å²) >= 11 is 0. The van der Waals surface area contributed by atoms with Gasteiger partial charge in [-0.15, -0.1) is 13.2 Å². The fraction of sp³-hybridized carbons (Fsp3) is 0.848. The van der Waals surface area contributed by atoms with Crippen LogP contribution in [-0.4, -0.2) is 66.5 Å². The second-order valence-electron chi connectivity index (χ2n) is 19.3. The maximum atomic E-state index is 13.5. The largest absolute Gasteiger partial charge is 0.456 e. The highest BCUT2D eigenvalue weighted by atomic mass is 28.4. The first kappa shape index (κ1) is 52.2. The number of carbonyl (C=O) groups is 1. The average molecular weight is 823 g/mol. The molecule has 1 saturated heterocycles. The number of carbonyl (C=O) groups excluding carboxylic acids is 1. The Balaban J connectivity index is 3.69. The molecule has 0 aromatic heterocycles. The maximum Gasteiger partial charge on any atom is 0.330 e. The zero-order valence-electron chi connectivity index (χ0n) is 39.3. The predicted molar refractivity (Wildman–Crippen MR) is 244 cm³/mol. The maximum absolute atomic E-state index is 13.5. The average Bonchev–Trinajstić information content (AvgIpc) is 3.43. The Kier molecular flexibility index (Phi) is 21.4. The monoisotopic (exact) mass is 823 g/mol. The van der Waals surface area contributed by atoms with Crippen LogP contribution in [0.5, 0.6) is 0 Å². The molecule has 0 aliphatic carbocycles. The van der Waals surface area contributed by atoms with Gasteiger partial charge in [0.05, 0.1) is 29.5 Å². The van der Waals surface area contributed by atoms with Crippen LogP contribution in [0.1, 0.15) is 149 Å². The Morgan fingerprint density at radius 3 is 1.93 bits per heavy atom. The van der Waals surface area contributed by atoms with Crippen LogP contribution in [0.2, 0.25) is 54.4 Å². The van der Waals surface area contributed by atoms with E-state index < -0.39 is 30.6 Å². The van der Waals surface area contributed by atoms with E-state index in [9.17, 15) is 4.79 Å². The van der Waals surface area contributed by atoms with Crippen LogP contribution in [0.3, 0.4) is 0 Å². The summed E-state index contributed by atoms with van der Waals surface area (Å²) in [4.78, 5) is 13.5. The van der Waals surface area contributed by atoms with Crippen molar-refractivity contribution in [2.45, 2.75) is 239 Å². The topological polar surface area (TPSA) is 63.2 Å². The third-order valence-electron chi connectivity index (χ3n) is 13.7. The summed E-state index contributed by atoms with van der Waals surface area (Å²) in [6, 6.07) is 6.34. The van der Waals surface area contributed by atoms with Crippen LogP contribution in [0.15, 0.2) is 37.0 Å². The Morgan fingerprint density at radius 2 is 1.47 bits per heavy atom. The van der Waals surface area contributed by atoms with Gasteiger partial charge >= 0.3 is 5.97 Å². The molecule has 0 amide bonds. The number of ether oxygens (including phenoxy) is 2. The van der Waals surface area contributed by atoms with E-state index in [1.807, 2.05) is 13.0 Å². The second kappa shape index (κ2) is 22.5. The first-order valence-electron chi connectivity index (χ1n) is 22.3. The van der Waals surface area contributed by atoms with Crippen molar-refractivity contribution in [1.82, 2.24) is 0 Å². The Bertz CT molecular complexity index is 1190. The summed E-state index contributed by atoms with van der Waals surface area (Å²) < 4.78 is 35.4. The van der Waals surface area contributed by atoms with Crippen molar-refractivity contribution in [3.8, 4) is 0 Å². The van der Waals surface area contributed by atoms with Gasteiger partial charge in [0.2, 0.25) is 0 Å². The highest BCUT2D eigenvalue weighted by Crippen LogP contribution is 2.44. The van der Waals surface area contributed by atoms with Gasteiger partial charge in [0.25, 0.3) is 0 Å². The first-order valence-corrected chi connectivity index (χ1v) is 30.3. The zero-order valence-corrected chi connectivity index (χ0v) is 42.3. The summed E-state index contributed by atoms with van der Waals surface area (Å²) in [5.41, 5.74) is 0.248. The standard InChI is InChI=1S/C46H90O6Si3/c1-20-32-45(16)34-41(39(49-45)30-28-36(9)10)48-43(47)31-29-37(11)33-42(51-54(22-3,23-4)24-5)46(17,52-55(25-6,26-7)27-8)35-40(38(12)21-2)50-53(18,19)44(13,14)15/h21,29,31,37-42H,2,9,20,22-28,30,32-35H2,1,3-8,10-19H3/b31-29+/t37-,38-,39+,40+,41-,42+,45-,46-/m1/s1. The fourth-order valence-corrected chi connectivity index (χ4v) is 15.7. The summed E-state index contributed by atoms with van der Waals surface area (Å²) in [5.74, 6) is -0.0941. The van der Waals surface area contributed by atoms with Crippen molar-refractivity contribution in [1.29, 1.82) is 0 Å². The van der Waals surface area contributed by atoms with E-state index in [0.717, 1.165) is 86.8 Å². The second-order valence-corrected chi connectivity index (χ2v) is 33.5. The third kappa shape index (κ3) is 15.4. The van der Waals surface area contributed by atoms with E-state index in [4.69, 9.17) is 22.8 Å². The molecule has 1 aliphatic rings. The van der Waals surface area contributed by atoms with Gasteiger partial charge in [-0.05, 0) is 113 Å². The SMILES string of the molecule is C=C[C@@H](C)[C@H](C[C@@](C)(O[Si](CC)(CC)CC)[C@H](C[C@H](C)/C=C/C(=O)O[C@@H]1C[C@@](C)(CCC)O[C@H]1CCC(=C)C)O[Si](CC)(CC)CC)O[Si](C)(C)C(C)(C)C. The number of allylic oxidation sites excluding steroid dienone is 2. The van der Waals surface area contributed by atoms with Crippen molar-refractivity contribution in [3.05, 3.63) is 37.0 Å². The molecule has 0 aromatic rings. The van der Waals surface area contributed by atoms with Crippen molar-refractivity contribution in [2.24, 2.45) is 11.8 Å². The van der Waals surface area contributed by atoms with Gasteiger partial charge in [0.1, 0.15) is 6.10 Å². The summed E-state index contributed by atoms with van der Waals surface area (Å²) in [5, 5.41) is 0.0700. The first-order chi connectivity index (χ1) is 25.4. The molecule has 0 aromatic carbocycles. The molecule has 1 heterocycles. The molecule has 55 heavy (non-hydrogen) atoms. The molecule has 0 radical (unpaired) electrons. The molecular formula is C46H90O6Si3. The number of hydrogen-bond acceptors (Lipinski definition) is 6. The molecular weight excluding hydrogens is 733 g/mol. The van der Waals surface area contributed by atoms with Crippen LogP contribution in [0.25, 0.3) is 0 Å². The van der Waals surface area contributed by atoms with Gasteiger partial charge in [-0.2, -0.15) is 0 Å². The van der Waals surface area contributed by atoms with Crippen molar-refractivity contribution in [3.63, 3.8) is 0 Å². The molecule has 8 atom stereocenters. The summed E-state index contributed by atoms with van der Waals surface area (Å²) in [7, 11) is -6.35. The number of esters is 1. The highest BCUT2D eigenvalue weighted by molar-refractivity contribution is 6.74. The van der Waals surface area contributed by atoms with Gasteiger partial charge in [0.15, 0.2) is 25.0 Å². The van der Waals surface area contributed by atoms with Crippen LogP contribution in [-0.2, 0) is 27.5 Å². The minimum absolute atomic E-state index is 0.0553. The van der Waals surface area contributed by atoms with Crippen LogP contribution in [0, 0.1) is 11.8 Å². The van der Waals surface area contributed by atoms with E-state index in [2.05, 4.69) is 129 Å². The predicted octanol–water partition coefficient (Wildman–Crippen LogP) is 14.0. The quantitative estimate of drug-likeness (QED) is 0.0356. The van der Waals surface area contributed by atoms with Crippen molar-refractivity contribution in [2.75, 3.05) is 0 Å². The Hall–Kier alpha value is -0.819. The third-order valence-corrected chi connectivity index (χ3v) is 27.7. The number of rotatable bonds is 27. The molecule has 9 heteroatoms.